The minimum atomic E-state index is -0.0529. The van der Waals surface area contributed by atoms with Gasteiger partial charge in [-0.05, 0) is 61.4 Å². The predicted octanol–water partition coefficient (Wildman–Crippen LogP) is 5.27. The van der Waals surface area contributed by atoms with Crippen LogP contribution in [-0.4, -0.2) is 35.7 Å². The first-order valence-electron chi connectivity index (χ1n) is 11.8. The van der Waals surface area contributed by atoms with Crippen molar-refractivity contribution in [1.29, 1.82) is 0 Å². The number of carbonyl (C=O) groups excluding carboxylic acids is 1. The second-order valence-electron chi connectivity index (χ2n) is 8.12. The van der Waals surface area contributed by atoms with E-state index in [1.807, 2.05) is 42.5 Å². The highest BCUT2D eigenvalue weighted by Gasteiger charge is 2.11. The summed E-state index contributed by atoms with van der Waals surface area (Å²) in [5, 5.41) is 2.99. The minimum Gasteiger partial charge on any atom is -0.497 e. The molecule has 0 fully saturated rings. The van der Waals surface area contributed by atoms with Gasteiger partial charge in [-0.15, -0.1) is 0 Å². The zero-order chi connectivity index (χ0) is 23.6. The van der Waals surface area contributed by atoms with Crippen molar-refractivity contribution in [2.45, 2.75) is 32.2 Å². The first-order valence-corrected chi connectivity index (χ1v) is 11.8. The molecular formula is C28H31N3O3. The Kier molecular flexibility index (Phi) is 8.17. The number of fused-ring (bicyclic) bond motifs is 1. The van der Waals surface area contributed by atoms with E-state index in [1.54, 1.807) is 31.4 Å². The van der Waals surface area contributed by atoms with Gasteiger partial charge in [-0.25, -0.2) is 4.98 Å². The highest BCUT2D eigenvalue weighted by atomic mass is 16.5. The van der Waals surface area contributed by atoms with Crippen LogP contribution in [0.1, 0.15) is 35.4 Å². The topological polar surface area (TPSA) is 65.4 Å². The maximum Gasteiger partial charge on any atom is 0.251 e. The average Bonchev–Trinajstić information content (AvgIpc) is 3.24. The molecular weight excluding hydrogens is 426 g/mol. The van der Waals surface area contributed by atoms with E-state index in [-0.39, 0.29) is 5.91 Å². The van der Waals surface area contributed by atoms with Crippen molar-refractivity contribution in [3.05, 3.63) is 90.3 Å². The third kappa shape index (κ3) is 6.16. The van der Waals surface area contributed by atoms with E-state index >= 15 is 0 Å². The number of aryl methyl sites for hydroxylation is 1. The predicted molar refractivity (Wildman–Crippen MR) is 135 cm³/mol. The van der Waals surface area contributed by atoms with Crippen molar-refractivity contribution in [3.8, 4) is 11.5 Å². The van der Waals surface area contributed by atoms with E-state index in [0.29, 0.717) is 18.7 Å². The lowest BCUT2D eigenvalue weighted by atomic mass is 10.1. The fourth-order valence-electron chi connectivity index (χ4n) is 3.97. The Hall–Kier alpha value is -3.80. The fourth-order valence-corrected chi connectivity index (χ4v) is 3.97. The monoisotopic (exact) mass is 457 g/mol. The summed E-state index contributed by atoms with van der Waals surface area (Å²) in [6.45, 7) is 2.00. The van der Waals surface area contributed by atoms with Crippen LogP contribution in [0.15, 0.2) is 78.9 Å². The smallest absolute Gasteiger partial charge is 0.251 e. The van der Waals surface area contributed by atoms with Crippen LogP contribution in [0.5, 0.6) is 11.5 Å². The van der Waals surface area contributed by atoms with Gasteiger partial charge in [0.25, 0.3) is 5.91 Å². The molecule has 1 aromatic heterocycles. The molecule has 3 aromatic carbocycles. The maximum absolute atomic E-state index is 12.3. The number of nitrogens with zero attached hydrogens (tertiary/aromatic N) is 2. The van der Waals surface area contributed by atoms with E-state index < -0.39 is 0 Å². The van der Waals surface area contributed by atoms with Crippen molar-refractivity contribution in [2.75, 3.05) is 20.3 Å². The summed E-state index contributed by atoms with van der Waals surface area (Å²) < 4.78 is 13.3. The molecule has 0 spiro atoms. The molecule has 1 amide bonds. The number of unbranched alkanes of at least 4 members (excludes halogenated alkanes) is 2. The molecule has 1 heterocycles. The molecule has 0 atom stereocenters. The molecule has 176 valence electrons. The largest absolute Gasteiger partial charge is 0.497 e. The Morgan fingerprint density at radius 3 is 2.44 bits per heavy atom. The van der Waals surface area contributed by atoms with Gasteiger partial charge in [0.1, 0.15) is 23.9 Å². The van der Waals surface area contributed by atoms with E-state index in [1.165, 1.54) is 0 Å². The first kappa shape index (κ1) is 23.4. The molecule has 6 nitrogen and oxygen atoms in total. The Morgan fingerprint density at radius 2 is 1.65 bits per heavy atom. The van der Waals surface area contributed by atoms with Gasteiger partial charge in [0.15, 0.2) is 0 Å². The van der Waals surface area contributed by atoms with Gasteiger partial charge >= 0.3 is 0 Å². The number of carbonyl (C=O) groups is 1. The number of benzene rings is 3. The molecule has 0 saturated heterocycles. The summed E-state index contributed by atoms with van der Waals surface area (Å²) in [5.41, 5.74) is 2.80. The number of para-hydroxylation sites is 3. The molecule has 1 N–H and O–H groups in total. The quantitative estimate of drug-likeness (QED) is 0.295. The standard InChI is InChI=1S/C28H31N3O3/c1-33-23-17-15-22(16-18-23)28(32)29-19-9-3-6-14-27-30-25-12-7-8-13-26(25)31(27)20-21-34-24-10-4-2-5-11-24/h2,4-5,7-8,10-13,15-18H,3,6,9,14,19-21H2,1H3,(H,29,32). The van der Waals surface area contributed by atoms with E-state index in [0.717, 1.165) is 60.6 Å². The van der Waals surface area contributed by atoms with E-state index in [9.17, 15) is 4.79 Å². The number of aromatic nitrogens is 2. The number of hydrogen-bond acceptors (Lipinski definition) is 4. The molecule has 0 saturated carbocycles. The molecule has 0 bridgehead atoms. The van der Waals surface area contributed by atoms with Crippen molar-refractivity contribution < 1.29 is 14.3 Å². The van der Waals surface area contributed by atoms with Crippen molar-refractivity contribution in [1.82, 2.24) is 14.9 Å². The van der Waals surface area contributed by atoms with Gasteiger partial charge in [-0.2, -0.15) is 0 Å². The zero-order valence-electron chi connectivity index (χ0n) is 19.6. The minimum absolute atomic E-state index is 0.0529. The zero-order valence-corrected chi connectivity index (χ0v) is 19.6. The first-order chi connectivity index (χ1) is 16.7. The van der Waals surface area contributed by atoms with Gasteiger partial charge in [-0.3, -0.25) is 4.79 Å². The summed E-state index contributed by atoms with van der Waals surface area (Å²) in [6.07, 6.45) is 3.86. The number of ether oxygens (including phenoxy) is 2. The lowest BCUT2D eigenvalue weighted by Crippen LogP contribution is -2.24. The Morgan fingerprint density at radius 1 is 0.882 bits per heavy atom. The molecule has 0 unspecified atom stereocenters. The van der Waals surface area contributed by atoms with Crippen LogP contribution in [0.3, 0.4) is 0 Å². The summed E-state index contributed by atoms with van der Waals surface area (Å²) in [5.74, 6) is 2.65. The van der Waals surface area contributed by atoms with Crippen LogP contribution in [-0.2, 0) is 13.0 Å². The highest BCUT2D eigenvalue weighted by Crippen LogP contribution is 2.18. The number of nitrogens with one attached hydrogen (secondary N) is 1. The lowest BCUT2D eigenvalue weighted by Gasteiger charge is -2.11. The van der Waals surface area contributed by atoms with Crippen LogP contribution >= 0.6 is 0 Å². The van der Waals surface area contributed by atoms with Crippen LogP contribution in [0.4, 0.5) is 0 Å². The highest BCUT2D eigenvalue weighted by molar-refractivity contribution is 5.94. The second-order valence-corrected chi connectivity index (χ2v) is 8.12. The fraction of sp³-hybridized carbons (Fsp3) is 0.286. The molecule has 0 aliphatic rings. The SMILES string of the molecule is COc1ccc(C(=O)NCCCCCc2nc3ccccc3n2CCOc2ccccc2)cc1. The average molecular weight is 458 g/mol. The summed E-state index contributed by atoms with van der Waals surface area (Å²) in [7, 11) is 1.61. The molecule has 6 heteroatoms. The van der Waals surface area contributed by atoms with Crippen LogP contribution < -0.4 is 14.8 Å². The molecule has 0 radical (unpaired) electrons. The molecule has 34 heavy (non-hydrogen) atoms. The Labute approximate surface area is 200 Å². The number of amides is 1. The van der Waals surface area contributed by atoms with Gasteiger partial charge in [0.2, 0.25) is 0 Å². The number of imidazole rings is 1. The van der Waals surface area contributed by atoms with Crippen LogP contribution in [0.2, 0.25) is 0 Å². The van der Waals surface area contributed by atoms with Crippen molar-refractivity contribution in [3.63, 3.8) is 0 Å². The lowest BCUT2D eigenvalue weighted by molar-refractivity contribution is 0.0953. The number of hydrogen-bond donors (Lipinski definition) is 1. The molecule has 0 aliphatic carbocycles. The third-order valence-corrected chi connectivity index (χ3v) is 5.78. The summed E-state index contributed by atoms with van der Waals surface area (Å²) >= 11 is 0. The maximum atomic E-state index is 12.3. The number of methoxy groups -OCH3 is 1. The molecule has 4 rings (SSSR count). The van der Waals surface area contributed by atoms with Crippen molar-refractivity contribution in [2.24, 2.45) is 0 Å². The van der Waals surface area contributed by atoms with Crippen LogP contribution in [0, 0.1) is 0 Å². The summed E-state index contributed by atoms with van der Waals surface area (Å²) in [6, 6.07) is 25.3. The molecule has 4 aromatic rings. The van der Waals surface area contributed by atoms with Crippen molar-refractivity contribution >= 4 is 16.9 Å². The van der Waals surface area contributed by atoms with Crippen LogP contribution in [0.25, 0.3) is 11.0 Å². The normalized spacial score (nSPS) is 10.9. The Bertz CT molecular complexity index is 1190. The second kappa shape index (κ2) is 11.9. The number of rotatable bonds is 12. The van der Waals surface area contributed by atoms with E-state index in [2.05, 4.69) is 22.0 Å². The van der Waals surface area contributed by atoms with Gasteiger partial charge in [0.05, 0.1) is 24.7 Å². The third-order valence-electron chi connectivity index (χ3n) is 5.78. The Balaban J connectivity index is 1.25. The van der Waals surface area contributed by atoms with Gasteiger partial charge in [0, 0.05) is 18.5 Å². The van der Waals surface area contributed by atoms with E-state index in [4.69, 9.17) is 14.5 Å². The summed E-state index contributed by atoms with van der Waals surface area (Å²) in [4.78, 5) is 17.1. The molecule has 0 aliphatic heterocycles. The van der Waals surface area contributed by atoms with Gasteiger partial charge < -0.3 is 19.4 Å². The van der Waals surface area contributed by atoms with Gasteiger partial charge in [-0.1, -0.05) is 36.8 Å².